The third-order valence-electron chi connectivity index (χ3n) is 2.25. The highest BCUT2D eigenvalue weighted by Gasteiger charge is 2.18. The lowest BCUT2D eigenvalue weighted by Crippen LogP contribution is -2.23. The second kappa shape index (κ2) is 6.36. The van der Waals surface area contributed by atoms with Crippen molar-refractivity contribution in [2.75, 3.05) is 0 Å². The maximum Gasteiger partial charge on any atom is 0.242 e. The molecule has 3 nitrogen and oxygen atoms in total. The Hall–Kier alpha value is 0.270. The van der Waals surface area contributed by atoms with Crippen LogP contribution in [-0.2, 0) is 16.6 Å². The van der Waals surface area contributed by atoms with Gasteiger partial charge in [0, 0.05) is 20.4 Å². The van der Waals surface area contributed by atoms with Gasteiger partial charge in [-0.3, -0.25) is 0 Å². The monoisotopic (exact) mass is 487 g/mol. The number of hydrogen-bond acceptors (Lipinski definition) is 3. The summed E-state index contributed by atoms with van der Waals surface area (Å²) in [5, 5.41) is 0. The summed E-state index contributed by atoms with van der Waals surface area (Å²) >= 11 is 11.4. The molecule has 102 valence electrons. The van der Waals surface area contributed by atoms with Gasteiger partial charge in [0.15, 0.2) is 0 Å². The zero-order chi connectivity index (χ0) is 14.0. The summed E-state index contributed by atoms with van der Waals surface area (Å²) in [6.45, 7) is 0.275. The van der Waals surface area contributed by atoms with E-state index in [0.29, 0.717) is 4.47 Å². The Morgan fingerprint density at radius 3 is 2.47 bits per heavy atom. The number of hydrogen-bond donors (Lipinski definition) is 1. The average Bonchev–Trinajstić information content (AvgIpc) is 2.76. The van der Waals surface area contributed by atoms with Gasteiger partial charge in [-0.25, -0.2) is 13.1 Å². The molecule has 0 fully saturated rings. The first-order valence-electron chi connectivity index (χ1n) is 5.07. The highest BCUT2D eigenvalue weighted by Crippen LogP contribution is 2.26. The van der Waals surface area contributed by atoms with Crippen LogP contribution in [0.2, 0.25) is 0 Å². The summed E-state index contributed by atoms with van der Waals surface area (Å²) in [6.07, 6.45) is 0. The molecule has 1 heterocycles. The van der Waals surface area contributed by atoms with Crippen LogP contribution in [-0.4, -0.2) is 8.42 Å². The second-order valence-corrected chi connectivity index (χ2v) is 9.66. The second-order valence-electron chi connectivity index (χ2n) is 3.61. The number of halogens is 3. The van der Waals surface area contributed by atoms with E-state index in [-0.39, 0.29) is 11.4 Å². The maximum absolute atomic E-state index is 12.2. The minimum absolute atomic E-state index is 0.220. The quantitative estimate of drug-likeness (QED) is 0.686. The van der Waals surface area contributed by atoms with Gasteiger partial charge in [0.1, 0.15) is 0 Å². The molecule has 1 N–H and O–H groups in total. The van der Waals surface area contributed by atoms with Crippen molar-refractivity contribution in [3.05, 3.63) is 47.9 Å². The van der Waals surface area contributed by atoms with Crippen molar-refractivity contribution in [2.45, 2.75) is 11.4 Å². The van der Waals surface area contributed by atoms with Gasteiger partial charge in [-0.2, -0.15) is 0 Å². The Kier molecular flexibility index (Phi) is 5.24. The fourth-order valence-corrected chi connectivity index (χ4v) is 5.39. The van der Waals surface area contributed by atoms with Crippen LogP contribution in [0.3, 0.4) is 0 Å². The Morgan fingerprint density at radius 1 is 1.11 bits per heavy atom. The zero-order valence-corrected chi connectivity index (χ0v) is 15.8. The zero-order valence-electron chi connectivity index (χ0n) is 9.36. The Balaban J connectivity index is 2.20. The van der Waals surface area contributed by atoms with Gasteiger partial charge < -0.3 is 0 Å². The molecule has 0 spiro atoms. The van der Waals surface area contributed by atoms with Gasteiger partial charge in [0.25, 0.3) is 0 Å². The van der Waals surface area contributed by atoms with Gasteiger partial charge in [-0.05, 0) is 62.2 Å². The molecular formula is C11H8Br3NO2S2. The van der Waals surface area contributed by atoms with Crippen molar-refractivity contribution in [1.82, 2.24) is 4.72 Å². The number of sulfonamides is 1. The van der Waals surface area contributed by atoms with E-state index in [4.69, 9.17) is 0 Å². The molecule has 0 saturated carbocycles. The molecule has 19 heavy (non-hydrogen) atoms. The van der Waals surface area contributed by atoms with Crippen LogP contribution >= 0.6 is 59.1 Å². The SMILES string of the molecule is O=S(=O)(NCc1ccc(Br)s1)c1cc(Br)ccc1Br. The normalized spacial score (nSPS) is 11.7. The summed E-state index contributed by atoms with van der Waals surface area (Å²) < 4.78 is 29.2. The molecule has 0 aliphatic carbocycles. The van der Waals surface area contributed by atoms with Crippen LogP contribution in [0.5, 0.6) is 0 Å². The van der Waals surface area contributed by atoms with Crippen molar-refractivity contribution in [3.8, 4) is 0 Å². The molecule has 2 rings (SSSR count). The highest BCUT2D eigenvalue weighted by atomic mass is 79.9. The van der Waals surface area contributed by atoms with Crippen LogP contribution in [0, 0.1) is 0 Å². The predicted molar refractivity (Wildman–Crippen MR) is 87.9 cm³/mol. The molecule has 8 heteroatoms. The Labute approximate surface area is 140 Å². The predicted octanol–water partition coefficient (Wildman–Crippen LogP) is 4.51. The van der Waals surface area contributed by atoms with Crippen LogP contribution in [0.4, 0.5) is 0 Å². The van der Waals surface area contributed by atoms with E-state index in [2.05, 4.69) is 52.5 Å². The molecule has 0 unspecified atom stereocenters. The molecule has 0 amide bonds. The van der Waals surface area contributed by atoms with E-state index in [9.17, 15) is 8.42 Å². The lowest BCUT2D eigenvalue weighted by molar-refractivity contribution is 0.581. The largest absolute Gasteiger partial charge is 0.242 e. The van der Waals surface area contributed by atoms with Crippen LogP contribution in [0.1, 0.15) is 4.88 Å². The smallest absolute Gasteiger partial charge is 0.207 e. The molecule has 1 aromatic carbocycles. The van der Waals surface area contributed by atoms with Gasteiger partial charge in [-0.15, -0.1) is 11.3 Å². The third kappa shape index (κ3) is 4.12. The molecule has 0 aliphatic rings. The topological polar surface area (TPSA) is 46.2 Å². The van der Waals surface area contributed by atoms with Crippen molar-refractivity contribution < 1.29 is 8.42 Å². The van der Waals surface area contributed by atoms with Crippen LogP contribution < -0.4 is 4.72 Å². The first-order valence-corrected chi connectivity index (χ1v) is 9.75. The number of benzene rings is 1. The first kappa shape index (κ1) is 15.7. The lowest BCUT2D eigenvalue weighted by atomic mass is 10.4. The summed E-state index contributed by atoms with van der Waals surface area (Å²) in [7, 11) is -3.54. The van der Waals surface area contributed by atoms with Crippen molar-refractivity contribution in [3.63, 3.8) is 0 Å². The standard InChI is InChI=1S/C11H8Br3NO2S2/c12-7-1-3-9(13)10(5-7)19(16,17)15-6-8-2-4-11(14)18-8/h1-5,15H,6H2. The molecule has 2 aromatic rings. The molecule has 0 aliphatic heterocycles. The number of rotatable bonds is 4. The number of nitrogens with one attached hydrogen (secondary N) is 1. The minimum atomic E-state index is -3.54. The van der Waals surface area contributed by atoms with E-state index < -0.39 is 10.0 Å². The van der Waals surface area contributed by atoms with Crippen molar-refractivity contribution in [2.24, 2.45) is 0 Å². The average molecular weight is 490 g/mol. The fourth-order valence-electron chi connectivity index (χ4n) is 1.37. The lowest BCUT2D eigenvalue weighted by Gasteiger charge is -2.08. The summed E-state index contributed by atoms with van der Waals surface area (Å²) in [6, 6.07) is 8.81. The fraction of sp³-hybridized carbons (Fsp3) is 0.0909. The third-order valence-corrected chi connectivity index (χ3v) is 6.76. The maximum atomic E-state index is 12.2. The van der Waals surface area contributed by atoms with E-state index in [1.165, 1.54) is 11.3 Å². The molecule has 0 atom stereocenters. The van der Waals surface area contributed by atoms with Gasteiger partial charge in [0.05, 0.1) is 8.68 Å². The summed E-state index contributed by atoms with van der Waals surface area (Å²) in [4.78, 5) is 1.17. The first-order chi connectivity index (χ1) is 8.88. The van der Waals surface area contributed by atoms with Crippen molar-refractivity contribution >= 4 is 69.1 Å². The molecule has 0 saturated heterocycles. The van der Waals surface area contributed by atoms with E-state index in [1.54, 1.807) is 18.2 Å². The van der Waals surface area contributed by atoms with Gasteiger partial charge in [-0.1, -0.05) is 15.9 Å². The van der Waals surface area contributed by atoms with Crippen molar-refractivity contribution in [1.29, 1.82) is 0 Å². The van der Waals surface area contributed by atoms with Crippen LogP contribution in [0.25, 0.3) is 0 Å². The van der Waals surface area contributed by atoms with E-state index in [0.717, 1.165) is 13.1 Å². The van der Waals surface area contributed by atoms with Gasteiger partial charge in [0.2, 0.25) is 10.0 Å². The summed E-state index contributed by atoms with van der Waals surface area (Å²) in [5.41, 5.74) is 0. The minimum Gasteiger partial charge on any atom is -0.207 e. The molecular weight excluding hydrogens is 482 g/mol. The van der Waals surface area contributed by atoms with E-state index in [1.807, 2.05) is 12.1 Å². The van der Waals surface area contributed by atoms with Gasteiger partial charge >= 0.3 is 0 Å². The summed E-state index contributed by atoms with van der Waals surface area (Å²) in [5.74, 6) is 0. The van der Waals surface area contributed by atoms with Crippen LogP contribution in [0.15, 0.2) is 48.0 Å². The molecule has 0 bridgehead atoms. The highest BCUT2D eigenvalue weighted by molar-refractivity contribution is 9.11. The molecule has 0 radical (unpaired) electrons. The van der Waals surface area contributed by atoms with E-state index >= 15 is 0 Å². The Morgan fingerprint density at radius 2 is 1.84 bits per heavy atom. The Bertz CT molecular complexity index is 698. The number of thiophene rings is 1. The molecule has 1 aromatic heterocycles.